The lowest BCUT2D eigenvalue weighted by Gasteiger charge is -2.10. The Morgan fingerprint density at radius 2 is 1.89 bits per heavy atom. The number of benzene rings is 2. The molecule has 94 valence electrons. The van der Waals surface area contributed by atoms with Crippen LogP contribution in [0.15, 0.2) is 36.4 Å². The van der Waals surface area contributed by atoms with E-state index < -0.39 is 0 Å². The minimum absolute atomic E-state index is 0.495. The number of rotatable bonds is 3. The third-order valence-corrected chi connectivity index (χ3v) is 3.32. The van der Waals surface area contributed by atoms with Crippen molar-refractivity contribution >= 4 is 23.2 Å². The quantitative estimate of drug-likeness (QED) is 0.918. The van der Waals surface area contributed by atoms with Gasteiger partial charge in [0.15, 0.2) is 0 Å². The van der Waals surface area contributed by atoms with Crippen molar-refractivity contribution in [2.24, 2.45) is 5.73 Å². The van der Waals surface area contributed by atoms with Crippen LogP contribution in [0.25, 0.3) is 11.1 Å². The molecule has 0 unspecified atom stereocenters. The summed E-state index contributed by atoms with van der Waals surface area (Å²) >= 11 is 12.4. The maximum Gasteiger partial charge on any atom is 0.138 e. The molecule has 0 saturated heterocycles. The fraction of sp³-hybridized carbons (Fsp3) is 0.143. The maximum atomic E-state index is 6.24. The predicted molar refractivity (Wildman–Crippen MR) is 76.3 cm³/mol. The molecule has 0 aliphatic heterocycles. The van der Waals surface area contributed by atoms with Gasteiger partial charge in [-0.2, -0.15) is 0 Å². The van der Waals surface area contributed by atoms with Gasteiger partial charge in [-0.3, -0.25) is 0 Å². The maximum absolute atomic E-state index is 6.24. The van der Waals surface area contributed by atoms with Crippen molar-refractivity contribution < 1.29 is 4.74 Å². The van der Waals surface area contributed by atoms with E-state index in [1.54, 1.807) is 19.2 Å². The van der Waals surface area contributed by atoms with Gasteiger partial charge in [-0.25, -0.2) is 0 Å². The number of hydrogen-bond acceptors (Lipinski definition) is 2. The molecule has 0 spiro atoms. The van der Waals surface area contributed by atoms with E-state index in [4.69, 9.17) is 33.7 Å². The lowest BCUT2D eigenvalue weighted by Crippen LogP contribution is -1.96. The monoisotopic (exact) mass is 281 g/mol. The molecule has 2 aromatic carbocycles. The Kier molecular flexibility index (Phi) is 4.12. The summed E-state index contributed by atoms with van der Waals surface area (Å²) in [5.41, 5.74) is 8.55. The summed E-state index contributed by atoms with van der Waals surface area (Å²) in [6.07, 6.45) is 0. The van der Waals surface area contributed by atoms with Gasteiger partial charge in [-0.05, 0) is 23.3 Å². The lowest BCUT2D eigenvalue weighted by molar-refractivity contribution is 0.415. The fourth-order valence-corrected chi connectivity index (χ4v) is 2.28. The molecule has 0 radical (unpaired) electrons. The Morgan fingerprint density at radius 1 is 1.11 bits per heavy atom. The summed E-state index contributed by atoms with van der Waals surface area (Å²) in [5, 5.41) is 1.14. The van der Waals surface area contributed by atoms with Crippen LogP contribution in [0.1, 0.15) is 5.56 Å². The van der Waals surface area contributed by atoms with Gasteiger partial charge in [0.2, 0.25) is 0 Å². The van der Waals surface area contributed by atoms with E-state index in [0.29, 0.717) is 22.3 Å². The minimum atomic E-state index is 0.495. The second kappa shape index (κ2) is 5.61. The number of hydrogen-bond donors (Lipinski definition) is 1. The molecule has 0 saturated carbocycles. The van der Waals surface area contributed by atoms with Gasteiger partial charge in [-0.1, -0.05) is 41.4 Å². The second-order valence-electron chi connectivity index (χ2n) is 3.87. The van der Waals surface area contributed by atoms with Crippen molar-refractivity contribution in [3.63, 3.8) is 0 Å². The van der Waals surface area contributed by atoms with E-state index in [0.717, 1.165) is 16.7 Å². The van der Waals surface area contributed by atoms with E-state index in [-0.39, 0.29) is 0 Å². The van der Waals surface area contributed by atoms with E-state index >= 15 is 0 Å². The molecule has 2 N–H and O–H groups in total. The summed E-state index contributed by atoms with van der Waals surface area (Å²) in [5.74, 6) is 0.570. The van der Waals surface area contributed by atoms with Crippen molar-refractivity contribution in [1.29, 1.82) is 0 Å². The topological polar surface area (TPSA) is 35.2 Å². The first-order valence-electron chi connectivity index (χ1n) is 5.48. The van der Waals surface area contributed by atoms with Crippen LogP contribution in [0.4, 0.5) is 0 Å². The van der Waals surface area contributed by atoms with Crippen molar-refractivity contribution in [3.8, 4) is 16.9 Å². The number of ether oxygens (including phenoxy) is 1. The van der Waals surface area contributed by atoms with Crippen molar-refractivity contribution in [3.05, 3.63) is 52.0 Å². The lowest BCUT2D eigenvalue weighted by atomic mass is 10.0. The first kappa shape index (κ1) is 13.2. The minimum Gasteiger partial charge on any atom is -0.495 e. The summed E-state index contributed by atoms with van der Waals surface area (Å²) in [6.45, 7) is 0.495. The SMILES string of the molecule is COc1cc(Cl)c(-c2cccc(CN)c2)cc1Cl. The van der Waals surface area contributed by atoms with Crippen molar-refractivity contribution in [2.45, 2.75) is 6.54 Å². The predicted octanol–water partition coefficient (Wildman–Crippen LogP) is 4.13. The third kappa shape index (κ3) is 2.61. The van der Waals surface area contributed by atoms with Crippen LogP contribution in [0.2, 0.25) is 10.0 Å². The molecular formula is C14H13Cl2NO. The number of nitrogens with two attached hydrogens (primary N) is 1. The molecular weight excluding hydrogens is 269 g/mol. The molecule has 0 bridgehead atoms. The van der Waals surface area contributed by atoms with Crippen LogP contribution in [0, 0.1) is 0 Å². The van der Waals surface area contributed by atoms with Crippen LogP contribution >= 0.6 is 23.2 Å². The zero-order valence-electron chi connectivity index (χ0n) is 9.91. The van der Waals surface area contributed by atoms with Gasteiger partial charge in [0, 0.05) is 18.2 Å². The Morgan fingerprint density at radius 3 is 2.56 bits per heavy atom. The van der Waals surface area contributed by atoms with E-state index in [9.17, 15) is 0 Å². The number of halogens is 2. The highest BCUT2D eigenvalue weighted by molar-refractivity contribution is 6.36. The molecule has 0 aliphatic rings. The van der Waals surface area contributed by atoms with Crippen LogP contribution in [0.3, 0.4) is 0 Å². The summed E-state index contributed by atoms with van der Waals surface area (Å²) in [7, 11) is 1.56. The van der Waals surface area contributed by atoms with E-state index in [1.807, 2.05) is 24.3 Å². The third-order valence-electron chi connectivity index (χ3n) is 2.72. The average molecular weight is 282 g/mol. The molecule has 0 fully saturated rings. The highest BCUT2D eigenvalue weighted by atomic mass is 35.5. The Balaban J connectivity index is 2.53. The summed E-state index contributed by atoms with van der Waals surface area (Å²) in [4.78, 5) is 0. The Bertz CT molecular complexity index is 570. The first-order chi connectivity index (χ1) is 8.65. The largest absolute Gasteiger partial charge is 0.495 e. The zero-order valence-corrected chi connectivity index (χ0v) is 11.4. The van der Waals surface area contributed by atoms with Gasteiger partial charge < -0.3 is 10.5 Å². The highest BCUT2D eigenvalue weighted by Gasteiger charge is 2.09. The Labute approximate surface area is 116 Å². The molecule has 2 aromatic rings. The van der Waals surface area contributed by atoms with Crippen LogP contribution < -0.4 is 10.5 Å². The standard InChI is InChI=1S/C14H13Cl2NO/c1-18-14-7-12(15)11(6-13(14)16)10-4-2-3-9(5-10)8-17/h2-7H,8,17H2,1H3. The normalized spacial score (nSPS) is 10.4. The molecule has 2 nitrogen and oxygen atoms in total. The fourth-order valence-electron chi connectivity index (χ4n) is 1.77. The zero-order chi connectivity index (χ0) is 13.1. The van der Waals surface area contributed by atoms with Gasteiger partial charge in [-0.15, -0.1) is 0 Å². The molecule has 0 atom stereocenters. The summed E-state index contributed by atoms with van der Waals surface area (Å²) in [6, 6.07) is 11.4. The van der Waals surface area contributed by atoms with Gasteiger partial charge in [0.25, 0.3) is 0 Å². The molecule has 18 heavy (non-hydrogen) atoms. The van der Waals surface area contributed by atoms with Crippen LogP contribution in [0.5, 0.6) is 5.75 Å². The van der Waals surface area contributed by atoms with Crippen molar-refractivity contribution in [1.82, 2.24) is 0 Å². The highest BCUT2D eigenvalue weighted by Crippen LogP contribution is 2.36. The van der Waals surface area contributed by atoms with E-state index in [1.165, 1.54) is 0 Å². The first-order valence-corrected chi connectivity index (χ1v) is 6.23. The van der Waals surface area contributed by atoms with Crippen LogP contribution in [-0.2, 0) is 6.54 Å². The number of methoxy groups -OCH3 is 1. The second-order valence-corrected chi connectivity index (χ2v) is 4.69. The average Bonchev–Trinajstić information content (AvgIpc) is 2.41. The molecule has 4 heteroatoms. The summed E-state index contributed by atoms with van der Waals surface area (Å²) < 4.78 is 5.13. The molecule has 2 rings (SSSR count). The van der Waals surface area contributed by atoms with E-state index in [2.05, 4.69) is 0 Å². The van der Waals surface area contributed by atoms with Gasteiger partial charge in [0.1, 0.15) is 5.75 Å². The van der Waals surface area contributed by atoms with Crippen LogP contribution in [-0.4, -0.2) is 7.11 Å². The van der Waals surface area contributed by atoms with Gasteiger partial charge >= 0.3 is 0 Å². The smallest absolute Gasteiger partial charge is 0.138 e. The Hall–Kier alpha value is -1.22. The molecule has 0 amide bonds. The molecule has 0 aromatic heterocycles. The van der Waals surface area contributed by atoms with Crippen molar-refractivity contribution in [2.75, 3.05) is 7.11 Å². The molecule has 0 heterocycles. The van der Waals surface area contributed by atoms with Gasteiger partial charge in [0.05, 0.1) is 17.2 Å². The molecule has 0 aliphatic carbocycles.